The van der Waals surface area contributed by atoms with Crippen LogP contribution in [0.25, 0.3) is 10.9 Å². The van der Waals surface area contributed by atoms with Gasteiger partial charge < -0.3 is 9.64 Å². The van der Waals surface area contributed by atoms with E-state index in [2.05, 4.69) is 56.0 Å². The number of anilines is 1. The van der Waals surface area contributed by atoms with Gasteiger partial charge in [0.25, 0.3) is 0 Å². The number of hydrogen-bond donors (Lipinski definition) is 0. The first-order valence-electron chi connectivity index (χ1n) is 7.33. The van der Waals surface area contributed by atoms with Crippen molar-refractivity contribution in [3.05, 3.63) is 34.9 Å². The number of fused-ring (bicyclic) bond motifs is 2. The Bertz CT molecular complexity index is 678. The first kappa shape index (κ1) is 13.5. The van der Waals surface area contributed by atoms with E-state index in [0.717, 1.165) is 36.2 Å². The number of rotatable bonds is 1. The van der Waals surface area contributed by atoms with E-state index in [1.165, 1.54) is 11.1 Å². The smallest absolute Gasteiger partial charge is 0.0922 e. The molecule has 5 heteroatoms. The topological polar surface area (TPSA) is 28.6 Å². The molecule has 0 spiro atoms. The number of pyridine rings is 1. The van der Waals surface area contributed by atoms with Crippen LogP contribution in [0.15, 0.2) is 34.9 Å². The molecule has 0 radical (unpaired) electrons. The average Bonchev–Trinajstić information content (AvgIpc) is 2.92. The van der Waals surface area contributed by atoms with Gasteiger partial charge in [0.15, 0.2) is 0 Å². The lowest BCUT2D eigenvalue weighted by Crippen LogP contribution is -2.48. The maximum absolute atomic E-state index is 5.95. The summed E-state index contributed by atoms with van der Waals surface area (Å²) in [4.78, 5) is 9.33. The highest BCUT2D eigenvalue weighted by atomic mass is 79.9. The van der Waals surface area contributed by atoms with Crippen LogP contribution in [0.3, 0.4) is 0 Å². The van der Waals surface area contributed by atoms with E-state index in [0.29, 0.717) is 12.1 Å². The minimum atomic E-state index is 0.319. The van der Waals surface area contributed by atoms with Gasteiger partial charge in [0.1, 0.15) is 0 Å². The molecular formula is C16H18BrN3O. The molecule has 1 aromatic carbocycles. The predicted octanol–water partition coefficient (Wildman–Crippen LogP) is 2.52. The predicted molar refractivity (Wildman–Crippen MR) is 87.8 cm³/mol. The van der Waals surface area contributed by atoms with Crippen LogP contribution in [0.5, 0.6) is 0 Å². The lowest BCUT2D eigenvalue weighted by molar-refractivity contribution is -0.0362. The van der Waals surface area contributed by atoms with Crippen molar-refractivity contribution < 1.29 is 4.74 Å². The van der Waals surface area contributed by atoms with E-state index in [1.54, 1.807) is 0 Å². The molecule has 2 saturated heterocycles. The number of benzene rings is 1. The fourth-order valence-electron chi connectivity index (χ4n) is 3.43. The molecule has 2 atom stereocenters. The second-order valence-electron chi connectivity index (χ2n) is 5.85. The maximum Gasteiger partial charge on any atom is 0.0922 e. The Morgan fingerprint density at radius 3 is 3.05 bits per heavy atom. The van der Waals surface area contributed by atoms with Crippen molar-refractivity contribution >= 4 is 32.5 Å². The standard InChI is InChI=1S/C16H18BrN3O/c1-19-6-7-21-16-10-20(9-15(16)19)14-4-5-18-13-3-2-11(17)8-12(13)14/h2-5,8,15-16H,6-7,9-10H2,1H3. The van der Waals surface area contributed by atoms with Gasteiger partial charge in [-0.2, -0.15) is 0 Å². The van der Waals surface area contributed by atoms with Crippen LogP contribution in [-0.2, 0) is 4.74 Å². The Kier molecular flexibility index (Phi) is 3.36. The monoisotopic (exact) mass is 347 g/mol. The quantitative estimate of drug-likeness (QED) is 0.792. The minimum Gasteiger partial charge on any atom is -0.373 e. The van der Waals surface area contributed by atoms with Crippen LogP contribution in [0, 0.1) is 0 Å². The van der Waals surface area contributed by atoms with Gasteiger partial charge in [0.2, 0.25) is 0 Å². The number of morpholine rings is 1. The van der Waals surface area contributed by atoms with Gasteiger partial charge >= 0.3 is 0 Å². The van der Waals surface area contributed by atoms with Crippen LogP contribution < -0.4 is 4.90 Å². The number of halogens is 1. The Labute approximate surface area is 132 Å². The van der Waals surface area contributed by atoms with Crippen LogP contribution in [0.4, 0.5) is 5.69 Å². The van der Waals surface area contributed by atoms with Crippen molar-refractivity contribution in [3.63, 3.8) is 0 Å². The summed E-state index contributed by atoms with van der Waals surface area (Å²) in [6.45, 7) is 3.85. The number of nitrogens with zero attached hydrogens (tertiary/aromatic N) is 3. The fraction of sp³-hybridized carbons (Fsp3) is 0.438. The largest absolute Gasteiger partial charge is 0.373 e. The molecule has 21 heavy (non-hydrogen) atoms. The van der Waals surface area contributed by atoms with Crippen LogP contribution in [0.1, 0.15) is 0 Å². The number of ether oxygens (including phenoxy) is 1. The summed E-state index contributed by atoms with van der Waals surface area (Å²) in [6.07, 6.45) is 2.22. The van der Waals surface area contributed by atoms with E-state index in [4.69, 9.17) is 4.74 Å². The molecule has 110 valence electrons. The third kappa shape index (κ3) is 2.33. The molecule has 3 heterocycles. The molecule has 2 aliphatic heterocycles. The van der Waals surface area contributed by atoms with Gasteiger partial charge in [-0.25, -0.2) is 0 Å². The zero-order chi connectivity index (χ0) is 14.4. The zero-order valence-corrected chi connectivity index (χ0v) is 13.6. The zero-order valence-electron chi connectivity index (χ0n) is 12.0. The Balaban J connectivity index is 1.72. The van der Waals surface area contributed by atoms with Crippen molar-refractivity contribution in [2.75, 3.05) is 38.2 Å². The summed E-state index contributed by atoms with van der Waals surface area (Å²) >= 11 is 3.57. The molecule has 2 aliphatic rings. The third-order valence-electron chi connectivity index (χ3n) is 4.60. The molecule has 4 rings (SSSR count). The summed E-state index contributed by atoms with van der Waals surface area (Å²) < 4.78 is 7.04. The van der Waals surface area contributed by atoms with Gasteiger partial charge in [0.05, 0.1) is 24.3 Å². The molecule has 0 aliphatic carbocycles. The van der Waals surface area contributed by atoms with Crippen molar-refractivity contribution in [1.82, 2.24) is 9.88 Å². The second kappa shape index (κ2) is 5.23. The molecule has 2 unspecified atom stereocenters. The highest BCUT2D eigenvalue weighted by Crippen LogP contribution is 2.32. The van der Waals surface area contributed by atoms with Crippen molar-refractivity contribution in [3.8, 4) is 0 Å². The van der Waals surface area contributed by atoms with Crippen LogP contribution in [0.2, 0.25) is 0 Å². The third-order valence-corrected chi connectivity index (χ3v) is 5.09. The van der Waals surface area contributed by atoms with Crippen molar-refractivity contribution in [2.24, 2.45) is 0 Å². The van der Waals surface area contributed by atoms with Crippen molar-refractivity contribution in [1.29, 1.82) is 0 Å². The normalized spacial score (nSPS) is 26.3. The first-order chi connectivity index (χ1) is 10.2. The molecule has 2 fully saturated rings. The number of likely N-dealkylation sites (N-methyl/N-ethyl adjacent to an activating group) is 1. The summed E-state index contributed by atoms with van der Waals surface area (Å²) in [5.74, 6) is 0. The molecule has 1 aromatic heterocycles. The van der Waals surface area contributed by atoms with Gasteiger partial charge in [-0.1, -0.05) is 15.9 Å². The number of aromatic nitrogens is 1. The summed E-state index contributed by atoms with van der Waals surface area (Å²) in [6, 6.07) is 8.87. The van der Waals surface area contributed by atoms with Crippen LogP contribution in [-0.4, -0.2) is 55.3 Å². The second-order valence-corrected chi connectivity index (χ2v) is 6.77. The van der Waals surface area contributed by atoms with Gasteiger partial charge in [-0.15, -0.1) is 0 Å². The van der Waals surface area contributed by atoms with Crippen LogP contribution >= 0.6 is 15.9 Å². The van der Waals surface area contributed by atoms with Gasteiger partial charge in [-0.05, 0) is 31.3 Å². The van der Waals surface area contributed by atoms with E-state index in [-0.39, 0.29) is 0 Å². The highest BCUT2D eigenvalue weighted by Gasteiger charge is 2.38. The molecule has 0 amide bonds. The summed E-state index contributed by atoms with van der Waals surface area (Å²) in [5, 5.41) is 1.20. The minimum absolute atomic E-state index is 0.319. The molecule has 0 saturated carbocycles. The van der Waals surface area contributed by atoms with E-state index in [9.17, 15) is 0 Å². The Hall–Kier alpha value is -1.17. The average molecular weight is 348 g/mol. The van der Waals surface area contributed by atoms with E-state index in [1.807, 2.05) is 12.3 Å². The van der Waals surface area contributed by atoms with E-state index < -0.39 is 0 Å². The molecular weight excluding hydrogens is 330 g/mol. The van der Waals surface area contributed by atoms with E-state index >= 15 is 0 Å². The molecule has 0 N–H and O–H groups in total. The number of hydrogen-bond acceptors (Lipinski definition) is 4. The summed E-state index contributed by atoms with van der Waals surface area (Å²) in [7, 11) is 2.20. The first-order valence-corrected chi connectivity index (χ1v) is 8.13. The van der Waals surface area contributed by atoms with Crippen molar-refractivity contribution in [2.45, 2.75) is 12.1 Å². The van der Waals surface area contributed by atoms with Gasteiger partial charge in [-0.3, -0.25) is 9.88 Å². The molecule has 4 nitrogen and oxygen atoms in total. The molecule has 2 aromatic rings. The maximum atomic E-state index is 5.95. The van der Waals surface area contributed by atoms with Gasteiger partial charge in [0, 0.05) is 41.4 Å². The molecule has 0 bridgehead atoms. The summed E-state index contributed by atoms with van der Waals surface area (Å²) in [5.41, 5.74) is 2.30. The highest BCUT2D eigenvalue weighted by molar-refractivity contribution is 9.10. The lowest BCUT2D eigenvalue weighted by Gasteiger charge is -2.33. The lowest BCUT2D eigenvalue weighted by atomic mass is 10.1. The fourth-order valence-corrected chi connectivity index (χ4v) is 3.80. The Morgan fingerprint density at radius 1 is 1.29 bits per heavy atom. The Morgan fingerprint density at radius 2 is 2.19 bits per heavy atom. The SMILES string of the molecule is CN1CCOC2CN(c3ccnc4ccc(Br)cc34)CC21.